The predicted molar refractivity (Wildman–Crippen MR) is 90.9 cm³/mol. The lowest BCUT2D eigenvalue weighted by molar-refractivity contribution is 0.102. The van der Waals surface area contributed by atoms with Gasteiger partial charge in [-0.05, 0) is 6.07 Å². The molecular formula is C17H25N3O4. The summed E-state index contributed by atoms with van der Waals surface area (Å²) in [6.45, 7) is 6.73. The summed E-state index contributed by atoms with van der Waals surface area (Å²) < 4.78 is 11.0. The number of amides is 1. The molecule has 0 bridgehead atoms. The molecule has 1 amide bonds. The number of hydrogen-bond acceptors (Lipinski definition) is 5. The van der Waals surface area contributed by atoms with Crippen LogP contribution in [-0.4, -0.2) is 80.6 Å². The fraction of sp³-hybridized carbons (Fsp3) is 0.588. The fourth-order valence-electron chi connectivity index (χ4n) is 3.22. The number of carbonyl (C=O) groups is 1. The van der Waals surface area contributed by atoms with Gasteiger partial charge in [-0.3, -0.25) is 4.90 Å². The molecule has 7 heteroatoms. The van der Waals surface area contributed by atoms with Crippen LogP contribution in [-0.2, 0) is 11.3 Å². The zero-order valence-corrected chi connectivity index (χ0v) is 14.1. The van der Waals surface area contributed by atoms with Crippen LogP contribution in [0.15, 0.2) is 18.2 Å². The quantitative estimate of drug-likeness (QED) is 0.895. The highest BCUT2D eigenvalue weighted by molar-refractivity contribution is 5.65. The monoisotopic (exact) mass is 335 g/mol. The largest absolute Gasteiger partial charge is 0.496 e. The number of rotatable bonds is 4. The van der Waals surface area contributed by atoms with Crippen LogP contribution in [0.25, 0.3) is 0 Å². The topological polar surface area (TPSA) is 65.5 Å². The van der Waals surface area contributed by atoms with E-state index in [1.807, 2.05) is 0 Å². The highest BCUT2D eigenvalue weighted by atomic mass is 16.5. The van der Waals surface area contributed by atoms with E-state index in [-0.39, 0.29) is 0 Å². The van der Waals surface area contributed by atoms with E-state index in [4.69, 9.17) is 14.6 Å². The van der Waals surface area contributed by atoms with Crippen LogP contribution < -0.4 is 9.64 Å². The van der Waals surface area contributed by atoms with Crippen LogP contribution in [0.5, 0.6) is 5.75 Å². The number of nitrogens with zero attached hydrogens (tertiary/aromatic N) is 3. The van der Waals surface area contributed by atoms with Gasteiger partial charge in [-0.2, -0.15) is 0 Å². The number of anilines is 1. The first-order valence-corrected chi connectivity index (χ1v) is 8.37. The zero-order chi connectivity index (χ0) is 16.9. The molecular weight excluding hydrogens is 310 g/mol. The summed E-state index contributed by atoms with van der Waals surface area (Å²) in [6.07, 6.45) is -0.831. The molecule has 0 unspecified atom stereocenters. The van der Waals surface area contributed by atoms with E-state index in [2.05, 4.69) is 28.0 Å². The molecule has 0 aliphatic carbocycles. The number of carboxylic acid groups (broad SMARTS) is 1. The van der Waals surface area contributed by atoms with Crippen LogP contribution in [0, 0.1) is 0 Å². The Morgan fingerprint density at radius 1 is 1.17 bits per heavy atom. The summed E-state index contributed by atoms with van der Waals surface area (Å²) >= 11 is 0. The van der Waals surface area contributed by atoms with E-state index in [9.17, 15) is 4.79 Å². The summed E-state index contributed by atoms with van der Waals surface area (Å²) in [4.78, 5) is 17.0. The maximum absolute atomic E-state index is 11.0. The van der Waals surface area contributed by atoms with Gasteiger partial charge >= 0.3 is 6.09 Å². The number of hydrogen-bond donors (Lipinski definition) is 1. The summed E-state index contributed by atoms with van der Waals surface area (Å²) in [6, 6.07) is 6.35. The molecule has 132 valence electrons. The third-order valence-corrected chi connectivity index (χ3v) is 4.68. The number of piperazine rings is 1. The van der Waals surface area contributed by atoms with Crippen molar-refractivity contribution in [3.8, 4) is 5.75 Å². The number of morpholine rings is 1. The van der Waals surface area contributed by atoms with Gasteiger partial charge in [0.05, 0.1) is 20.3 Å². The second-order valence-corrected chi connectivity index (χ2v) is 6.14. The smallest absolute Gasteiger partial charge is 0.407 e. The van der Waals surface area contributed by atoms with Gasteiger partial charge in [-0.1, -0.05) is 6.07 Å². The summed E-state index contributed by atoms with van der Waals surface area (Å²) in [5, 5.41) is 9.02. The van der Waals surface area contributed by atoms with E-state index < -0.39 is 6.09 Å². The Bertz CT molecular complexity index is 567. The Morgan fingerprint density at radius 3 is 2.50 bits per heavy atom. The number of ether oxygens (including phenoxy) is 2. The molecule has 2 saturated heterocycles. The van der Waals surface area contributed by atoms with Crippen LogP contribution in [0.2, 0.25) is 0 Å². The van der Waals surface area contributed by atoms with Crippen molar-refractivity contribution in [3.63, 3.8) is 0 Å². The number of benzene rings is 1. The normalized spacial score (nSPS) is 19.4. The van der Waals surface area contributed by atoms with Gasteiger partial charge in [-0.15, -0.1) is 0 Å². The molecule has 2 fully saturated rings. The van der Waals surface area contributed by atoms with Crippen LogP contribution in [0.4, 0.5) is 10.5 Å². The van der Waals surface area contributed by atoms with Crippen LogP contribution >= 0.6 is 0 Å². The van der Waals surface area contributed by atoms with Crippen molar-refractivity contribution in [1.82, 2.24) is 9.80 Å². The van der Waals surface area contributed by atoms with Gasteiger partial charge < -0.3 is 24.4 Å². The van der Waals surface area contributed by atoms with Crippen molar-refractivity contribution < 1.29 is 19.4 Å². The van der Waals surface area contributed by atoms with Crippen molar-refractivity contribution in [2.75, 3.05) is 64.5 Å². The lowest BCUT2D eigenvalue weighted by Crippen LogP contribution is -2.47. The predicted octanol–water partition coefficient (Wildman–Crippen LogP) is 1.33. The lowest BCUT2D eigenvalue weighted by Gasteiger charge is -2.33. The molecule has 24 heavy (non-hydrogen) atoms. The van der Waals surface area contributed by atoms with E-state index in [1.54, 1.807) is 7.11 Å². The molecule has 3 rings (SSSR count). The fourth-order valence-corrected chi connectivity index (χ4v) is 3.22. The third-order valence-electron chi connectivity index (χ3n) is 4.68. The lowest BCUT2D eigenvalue weighted by atomic mass is 10.1. The van der Waals surface area contributed by atoms with Crippen LogP contribution in [0.3, 0.4) is 0 Å². The zero-order valence-electron chi connectivity index (χ0n) is 14.1. The molecule has 1 N–H and O–H groups in total. The van der Waals surface area contributed by atoms with E-state index in [1.165, 1.54) is 4.90 Å². The van der Waals surface area contributed by atoms with E-state index in [0.29, 0.717) is 13.1 Å². The van der Waals surface area contributed by atoms with Crippen LogP contribution in [0.1, 0.15) is 5.56 Å². The van der Waals surface area contributed by atoms with Crippen molar-refractivity contribution in [2.45, 2.75) is 6.54 Å². The van der Waals surface area contributed by atoms with Gasteiger partial charge in [-0.25, -0.2) is 4.79 Å². The SMILES string of the molecule is COc1cc(N2CCOCC2)ccc1CN1CCN(C(=O)O)CC1. The van der Waals surface area contributed by atoms with E-state index in [0.717, 1.165) is 62.9 Å². The highest BCUT2D eigenvalue weighted by Gasteiger charge is 2.21. The third kappa shape index (κ3) is 3.91. The minimum absolute atomic E-state index is 0.559. The summed E-state index contributed by atoms with van der Waals surface area (Å²) in [5.74, 6) is 0.889. The van der Waals surface area contributed by atoms with Crippen molar-refractivity contribution in [2.24, 2.45) is 0 Å². The first-order valence-electron chi connectivity index (χ1n) is 8.37. The first-order chi connectivity index (χ1) is 11.7. The maximum Gasteiger partial charge on any atom is 0.407 e. The van der Waals surface area contributed by atoms with Crippen molar-refractivity contribution in [1.29, 1.82) is 0 Å². The second kappa shape index (κ2) is 7.72. The van der Waals surface area contributed by atoms with Crippen molar-refractivity contribution in [3.05, 3.63) is 23.8 Å². The Hall–Kier alpha value is -1.99. The molecule has 2 aliphatic heterocycles. The molecule has 2 aliphatic rings. The first kappa shape index (κ1) is 16.9. The molecule has 0 spiro atoms. The summed E-state index contributed by atoms with van der Waals surface area (Å²) in [5.41, 5.74) is 2.30. The molecule has 7 nitrogen and oxygen atoms in total. The number of methoxy groups -OCH3 is 1. The molecule has 0 saturated carbocycles. The van der Waals surface area contributed by atoms with Gasteiger partial charge in [0.25, 0.3) is 0 Å². The summed E-state index contributed by atoms with van der Waals surface area (Å²) in [7, 11) is 1.70. The standard InChI is InChI=1S/C17H25N3O4/c1-23-16-12-15(19-8-10-24-11-9-19)3-2-14(16)13-18-4-6-20(7-5-18)17(21)22/h2-3,12H,4-11,13H2,1H3,(H,21,22). The average Bonchev–Trinajstić information content (AvgIpc) is 2.63. The molecule has 0 atom stereocenters. The Labute approximate surface area is 142 Å². The Kier molecular flexibility index (Phi) is 5.42. The molecule has 0 aromatic heterocycles. The average molecular weight is 335 g/mol. The highest BCUT2D eigenvalue weighted by Crippen LogP contribution is 2.27. The minimum Gasteiger partial charge on any atom is -0.496 e. The van der Waals surface area contributed by atoms with Gasteiger partial charge in [0.2, 0.25) is 0 Å². The van der Waals surface area contributed by atoms with E-state index >= 15 is 0 Å². The Balaban J connectivity index is 1.64. The molecule has 1 aromatic rings. The van der Waals surface area contributed by atoms with Gasteiger partial charge in [0, 0.05) is 63.1 Å². The Morgan fingerprint density at radius 2 is 1.88 bits per heavy atom. The molecule has 1 aromatic carbocycles. The van der Waals surface area contributed by atoms with Gasteiger partial charge in [0.1, 0.15) is 5.75 Å². The molecule has 2 heterocycles. The minimum atomic E-state index is -0.831. The second-order valence-electron chi connectivity index (χ2n) is 6.14. The maximum atomic E-state index is 11.0. The van der Waals surface area contributed by atoms with Crippen molar-refractivity contribution >= 4 is 11.8 Å². The molecule has 0 radical (unpaired) electrons. The van der Waals surface area contributed by atoms with Gasteiger partial charge in [0.15, 0.2) is 0 Å².